The Balaban J connectivity index is 1.46. The first-order chi connectivity index (χ1) is 14.2. The molecule has 7 nitrogen and oxygen atoms in total. The Labute approximate surface area is 169 Å². The summed E-state index contributed by atoms with van der Waals surface area (Å²) in [5.41, 5.74) is 1.56. The first-order valence-corrected chi connectivity index (χ1v) is 10.1. The summed E-state index contributed by atoms with van der Waals surface area (Å²) < 4.78 is 1.25. The van der Waals surface area contributed by atoms with Crippen molar-refractivity contribution in [3.8, 4) is 0 Å². The number of nitrogens with zero attached hydrogens (tertiary/aromatic N) is 5. The summed E-state index contributed by atoms with van der Waals surface area (Å²) in [4.78, 5) is 30.2. The van der Waals surface area contributed by atoms with Crippen molar-refractivity contribution in [3.63, 3.8) is 0 Å². The molecule has 2 aromatic carbocycles. The van der Waals surface area contributed by atoms with E-state index in [1.807, 2.05) is 36.1 Å². The average Bonchev–Trinajstić information content (AvgIpc) is 2.77. The maximum absolute atomic E-state index is 13.2. The predicted molar refractivity (Wildman–Crippen MR) is 111 cm³/mol. The molecule has 1 atom stereocenters. The molecule has 0 radical (unpaired) electrons. The molecule has 29 heavy (non-hydrogen) atoms. The third-order valence-electron chi connectivity index (χ3n) is 5.49. The van der Waals surface area contributed by atoms with Crippen molar-refractivity contribution in [1.82, 2.24) is 24.8 Å². The van der Waals surface area contributed by atoms with Gasteiger partial charge in [0.25, 0.3) is 5.56 Å². The number of benzene rings is 2. The molecule has 150 valence electrons. The standard InChI is InChI=1S/C22H25N5O2/c1-2-20(27-21(28)18-10-6-7-11-19(18)23-24-27)22(29)26-14-12-25(13-15-26)16-17-8-4-3-5-9-17/h3-11,20H,2,12-16H2,1H3/t20-/m1/s1. The van der Waals surface area contributed by atoms with E-state index in [9.17, 15) is 9.59 Å². The lowest BCUT2D eigenvalue weighted by Crippen LogP contribution is -2.51. The summed E-state index contributed by atoms with van der Waals surface area (Å²) in [6.07, 6.45) is 0.496. The number of fused-ring (bicyclic) bond motifs is 1. The second-order valence-electron chi connectivity index (χ2n) is 7.37. The lowest BCUT2D eigenvalue weighted by molar-refractivity contribution is -0.137. The fourth-order valence-electron chi connectivity index (χ4n) is 3.84. The van der Waals surface area contributed by atoms with Gasteiger partial charge in [-0.1, -0.05) is 54.6 Å². The third kappa shape index (κ3) is 4.05. The van der Waals surface area contributed by atoms with E-state index in [2.05, 4.69) is 27.3 Å². The van der Waals surface area contributed by atoms with Crippen LogP contribution in [0.1, 0.15) is 24.9 Å². The van der Waals surface area contributed by atoms with Crippen molar-refractivity contribution in [2.75, 3.05) is 26.2 Å². The quantitative estimate of drug-likeness (QED) is 0.666. The molecule has 0 bridgehead atoms. The highest BCUT2D eigenvalue weighted by Gasteiger charge is 2.29. The number of rotatable bonds is 5. The molecule has 0 saturated carbocycles. The summed E-state index contributed by atoms with van der Waals surface area (Å²) >= 11 is 0. The fraction of sp³-hybridized carbons (Fsp3) is 0.364. The first-order valence-electron chi connectivity index (χ1n) is 10.1. The molecule has 1 aliphatic rings. The highest BCUT2D eigenvalue weighted by Crippen LogP contribution is 2.16. The molecular weight excluding hydrogens is 366 g/mol. The molecule has 1 aromatic heterocycles. The molecule has 1 amide bonds. The van der Waals surface area contributed by atoms with Gasteiger partial charge in [0.05, 0.1) is 5.39 Å². The zero-order valence-corrected chi connectivity index (χ0v) is 16.6. The Bertz CT molecular complexity index is 1040. The number of piperazine rings is 1. The van der Waals surface area contributed by atoms with Crippen LogP contribution in [0.25, 0.3) is 10.9 Å². The van der Waals surface area contributed by atoms with Crippen LogP contribution in [0.4, 0.5) is 0 Å². The van der Waals surface area contributed by atoms with Crippen molar-refractivity contribution < 1.29 is 4.79 Å². The summed E-state index contributed by atoms with van der Waals surface area (Å²) in [6.45, 7) is 5.72. The Morgan fingerprint density at radius 1 is 1.00 bits per heavy atom. The van der Waals surface area contributed by atoms with Crippen LogP contribution < -0.4 is 5.56 Å². The van der Waals surface area contributed by atoms with Gasteiger partial charge in [-0.05, 0) is 24.1 Å². The zero-order chi connectivity index (χ0) is 20.2. The van der Waals surface area contributed by atoms with E-state index in [1.165, 1.54) is 10.2 Å². The van der Waals surface area contributed by atoms with Gasteiger partial charge in [0.1, 0.15) is 11.6 Å². The molecule has 7 heteroatoms. The summed E-state index contributed by atoms with van der Waals surface area (Å²) in [5.74, 6) is -0.0569. The van der Waals surface area contributed by atoms with Crippen LogP contribution in [0.5, 0.6) is 0 Å². The number of hydrogen-bond donors (Lipinski definition) is 0. The molecule has 0 unspecified atom stereocenters. The topological polar surface area (TPSA) is 71.3 Å². The number of carbonyl (C=O) groups is 1. The van der Waals surface area contributed by atoms with E-state index < -0.39 is 6.04 Å². The largest absolute Gasteiger partial charge is 0.338 e. The number of amides is 1. The Kier molecular flexibility index (Phi) is 5.67. The highest BCUT2D eigenvalue weighted by molar-refractivity contribution is 5.81. The van der Waals surface area contributed by atoms with Gasteiger partial charge in [-0.3, -0.25) is 14.5 Å². The Morgan fingerprint density at radius 2 is 1.69 bits per heavy atom. The van der Waals surface area contributed by atoms with E-state index in [4.69, 9.17) is 0 Å². The SMILES string of the molecule is CC[C@H](C(=O)N1CCN(Cc2ccccc2)CC1)n1nnc2ccccc2c1=O. The number of aromatic nitrogens is 3. The zero-order valence-electron chi connectivity index (χ0n) is 16.6. The van der Waals surface area contributed by atoms with Crippen LogP contribution in [0, 0.1) is 0 Å². The molecular formula is C22H25N5O2. The number of carbonyl (C=O) groups excluding carboxylic acids is 1. The monoisotopic (exact) mass is 391 g/mol. The Morgan fingerprint density at radius 3 is 2.41 bits per heavy atom. The maximum atomic E-state index is 13.2. The second kappa shape index (κ2) is 8.53. The van der Waals surface area contributed by atoms with Crippen LogP contribution in [0.3, 0.4) is 0 Å². The molecule has 1 fully saturated rings. The van der Waals surface area contributed by atoms with Gasteiger partial charge >= 0.3 is 0 Å². The average molecular weight is 391 g/mol. The molecule has 0 N–H and O–H groups in total. The minimum absolute atomic E-state index is 0.0569. The second-order valence-corrected chi connectivity index (χ2v) is 7.37. The van der Waals surface area contributed by atoms with E-state index >= 15 is 0 Å². The van der Waals surface area contributed by atoms with Gasteiger partial charge in [-0.2, -0.15) is 4.68 Å². The highest BCUT2D eigenvalue weighted by atomic mass is 16.2. The lowest BCUT2D eigenvalue weighted by Gasteiger charge is -2.36. The van der Waals surface area contributed by atoms with Crippen LogP contribution in [0.2, 0.25) is 0 Å². The first kappa shape index (κ1) is 19.3. The summed E-state index contributed by atoms with van der Waals surface area (Å²) in [7, 11) is 0. The maximum Gasteiger partial charge on any atom is 0.278 e. The molecule has 0 spiro atoms. The minimum atomic E-state index is -0.625. The summed E-state index contributed by atoms with van der Waals surface area (Å²) in [6, 6.07) is 16.8. The smallest absolute Gasteiger partial charge is 0.278 e. The van der Waals surface area contributed by atoms with Crippen molar-refractivity contribution >= 4 is 16.8 Å². The molecule has 3 aromatic rings. The van der Waals surface area contributed by atoms with Gasteiger partial charge in [0, 0.05) is 32.7 Å². The van der Waals surface area contributed by atoms with E-state index in [0.717, 1.165) is 19.6 Å². The van der Waals surface area contributed by atoms with Gasteiger partial charge in [-0.25, -0.2) is 0 Å². The van der Waals surface area contributed by atoms with Gasteiger partial charge in [0.15, 0.2) is 0 Å². The minimum Gasteiger partial charge on any atom is -0.338 e. The molecule has 0 aliphatic carbocycles. The van der Waals surface area contributed by atoms with Crippen LogP contribution in [0.15, 0.2) is 59.4 Å². The van der Waals surface area contributed by atoms with Crippen LogP contribution in [-0.4, -0.2) is 56.9 Å². The van der Waals surface area contributed by atoms with E-state index in [0.29, 0.717) is 30.4 Å². The van der Waals surface area contributed by atoms with Gasteiger partial charge < -0.3 is 4.90 Å². The van der Waals surface area contributed by atoms with Gasteiger partial charge in [0.2, 0.25) is 5.91 Å². The van der Waals surface area contributed by atoms with Crippen molar-refractivity contribution in [3.05, 3.63) is 70.5 Å². The Hall–Kier alpha value is -3.06. The predicted octanol–water partition coefficient (Wildman–Crippen LogP) is 2.09. The van der Waals surface area contributed by atoms with E-state index in [-0.39, 0.29) is 11.5 Å². The molecule has 1 aliphatic heterocycles. The van der Waals surface area contributed by atoms with Crippen molar-refractivity contribution in [1.29, 1.82) is 0 Å². The number of hydrogen-bond acceptors (Lipinski definition) is 5. The lowest BCUT2D eigenvalue weighted by atomic mass is 10.1. The van der Waals surface area contributed by atoms with E-state index in [1.54, 1.807) is 18.2 Å². The fourth-order valence-corrected chi connectivity index (χ4v) is 3.84. The normalized spacial score (nSPS) is 16.1. The molecule has 1 saturated heterocycles. The van der Waals surface area contributed by atoms with Crippen LogP contribution >= 0.6 is 0 Å². The summed E-state index contributed by atoms with van der Waals surface area (Å²) in [5, 5.41) is 8.68. The van der Waals surface area contributed by atoms with Crippen molar-refractivity contribution in [2.24, 2.45) is 0 Å². The molecule has 4 rings (SSSR count). The van der Waals surface area contributed by atoms with Crippen LogP contribution in [-0.2, 0) is 11.3 Å². The molecule has 2 heterocycles. The van der Waals surface area contributed by atoms with Gasteiger partial charge in [-0.15, -0.1) is 5.10 Å². The third-order valence-corrected chi connectivity index (χ3v) is 5.49. The van der Waals surface area contributed by atoms with Crippen molar-refractivity contribution in [2.45, 2.75) is 25.9 Å².